The number of hydrogen-bond donors (Lipinski definition) is 1. The van der Waals surface area contributed by atoms with E-state index in [0.717, 1.165) is 44.1 Å². The number of rotatable bonds is 31. The Labute approximate surface area is 405 Å². The second-order valence-corrected chi connectivity index (χ2v) is 17.0. The van der Waals surface area contributed by atoms with Gasteiger partial charge in [-0.15, -0.1) is 0 Å². The maximum atomic E-state index is 14.6. The van der Waals surface area contributed by atoms with E-state index in [-0.39, 0.29) is 71.8 Å². The molecule has 1 aliphatic rings. The third kappa shape index (κ3) is 19.6. The third-order valence-corrected chi connectivity index (χ3v) is 11.8. The highest BCUT2D eigenvalue weighted by Gasteiger charge is 2.42. The summed E-state index contributed by atoms with van der Waals surface area (Å²) < 4.78 is 16.0. The summed E-state index contributed by atoms with van der Waals surface area (Å²) in [5.41, 5.74) is 3.62. The molecule has 1 aromatic carbocycles. The van der Waals surface area contributed by atoms with E-state index in [4.69, 9.17) is 9.47 Å². The number of Topliss-reactive ketones (excluding diaryl/α,β-unsaturated/α-hetero) is 2. The predicted octanol–water partition coefficient (Wildman–Crippen LogP) is 5.20. The summed E-state index contributed by atoms with van der Waals surface area (Å²) in [6, 6.07) is 16.8. The summed E-state index contributed by atoms with van der Waals surface area (Å²) in [5.74, 6) is -1.94. The quantitative estimate of drug-likeness (QED) is 0.0410. The van der Waals surface area contributed by atoms with Gasteiger partial charge >= 0.3 is 11.9 Å². The lowest BCUT2D eigenvalue weighted by Crippen LogP contribution is -3.00. The van der Waals surface area contributed by atoms with Gasteiger partial charge in [0.2, 0.25) is 0 Å². The number of allylic oxidation sites excluding steroid dienone is 2. The Morgan fingerprint density at radius 1 is 0.500 bits per heavy atom. The highest BCUT2D eigenvalue weighted by atomic mass is 79.9. The molecule has 0 atom stereocenters. The van der Waals surface area contributed by atoms with Crippen molar-refractivity contribution in [1.29, 1.82) is 0 Å². The summed E-state index contributed by atoms with van der Waals surface area (Å²) >= 11 is 0. The lowest BCUT2D eigenvalue weighted by molar-refractivity contribution is -0.692. The van der Waals surface area contributed by atoms with Gasteiger partial charge in [-0.25, -0.2) is 9.59 Å². The van der Waals surface area contributed by atoms with Crippen LogP contribution in [0.3, 0.4) is 0 Å². The zero-order valence-corrected chi connectivity index (χ0v) is 42.3. The molecule has 3 aromatic rings. The first kappa shape index (κ1) is 56.2. The zero-order chi connectivity index (χ0) is 44.4. The molecule has 0 saturated heterocycles. The first-order chi connectivity index (χ1) is 30.2. The molecule has 0 saturated carbocycles. The molecule has 1 aliphatic heterocycles. The van der Waals surface area contributed by atoms with Gasteiger partial charge in [-0.05, 0) is 44.4 Å². The Kier molecular flexibility index (Phi) is 28.7. The molecule has 0 bridgehead atoms. The van der Waals surface area contributed by atoms with Crippen LogP contribution in [0.2, 0.25) is 0 Å². The van der Waals surface area contributed by atoms with Crippen molar-refractivity contribution in [1.82, 2.24) is 5.32 Å². The largest absolute Gasteiger partial charge is 1.00 e. The first-order valence-corrected chi connectivity index (χ1v) is 23.9. The number of carbonyl (C=O) groups excluding carboxylic acids is 4. The van der Waals surface area contributed by atoms with Gasteiger partial charge in [0, 0.05) is 12.1 Å². The molecule has 0 spiro atoms. The summed E-state index contributed by atoms with van der Waals surface area (Å²) in [6.07, 6.45) is 30.6. The summed E-state index contributed by atoms with van der Waals surface area (Å²) in [7, 11) is 0. The standard InChI is InChI=1S/C53H74N3O6.2BrH/c1-5-7-9-11-13-15-17-19-21-26-36-61-52(59)50-47(40-55-34-28-32-45(38-55)42(3)57)54-48(41-56-35-29-33-46(39-56)43(4)58)51(49(50)44-30-24-23-25-31-44)53(60)62-37-27-22-20-18-16-14-12-10-8-6-2;;/h23-25,28-35,38-39,49H,5-22,26-27,36-37,40-41H2,1-4H3;2*1H/q+1;;/p-1. The van der Waals surface area contributed by atoms with Gasteiger partial charge in [0.15, 0.2) is 49.4 Å². The molecule has 2 aromatic heterocycles. The lowest BCUT2D eigenvalue weighted by Gasteiger charge is -2.31. The van der Waals surface area contributed by atoms with Crippen LogP contribution in [0.1, 0.15) is 188 Å². The van der Waals surface area contributed by atoms with E-state index in [0.29, 0.717) is 33.7 Å². The smallest absolute Gasteiger partial charge is 0.337 e. The lowest BCUT2D eigenvalue weighted by atomic mass is 9.80. The molecule has 3 heterocycles. The molecule has 64 heavy (non-hydrogen) atoms. The van der Waals surface area contributed by atoms with Crippen LogP contribution < -0.4 is 48.4 Å². The average Bonchev–Trinajstić information content (AvgIpc) is 3.27. The number of dihydropyridines is 1. The third-order valence-electron chi connectivity index (χ3n) is 11.8. The van der Waals surface area contributed by atoms with E-state index in [1.54, 1.807) is 24.5 Å². The van der Waals surface area contributed by atoms with Crippen molar-refractivity contribution in [3.63, 3.8) is 0 Å². The van der Waals surface area contributed by atoms with Crippen molar-refractivity contribution in [2.45, 2.75) is 175 Å². The number of carbonyl (C=O) groups is 4. The van der Waals surface area contributed by atoms with E-state index in [9.17, 15) is 19.2 Å². The number of ether oxygens (including phenoxy) is 2. The molecule has 0 unspecified atom stereocenters. The van der Waals surface area contributed by atoms with E-state index >= 15 is 0 Å². The monoisotopic (exact) mass is 1010 g/mol. The summed E-state index contributed by atoms with van der Waals surface area (Å²) in [4.78, 5) is 54.2. The van der Waals surface area contributed by atoms with Crippen LogP contribution in [-0.2, 0) is 32.2 Å². The maximum absolute atomic E-state index is 14.6. The average molecular weight is 1010 g/mol. The maximum Gasteiger partial charge on any atom is 0.337 e. The minimum atomic E-state index is -0.809. The fourth-order valence-corrected chi connectivity index (χ4v) is 8.21. The number of pyridine rings is 2. The van der Waals surface area contributed by atoms with Crippen LogP contribution in [0.4, 0.5) is 0 Å². The Morgan fingerprint density at radius 3 is 1.22 bits per heavy atom. The predicted molar refractivity (Wildman–Crippen MR) is 245 cm³/mol. The van der Waals surface area contributed by atoms with Crippen LogP contribution in [0.15, 0.2) is 102 Å². The van der Waals surface area contributed by atoms with Crippen molar-refractivity contribution < 1.29 is 71.7 Å². The van der Waals surface area contributed by atoms with Crippen molar-refractivity contribution in [3.8, 4) is 0 Å². The number of nitrogens with one attached hydrogen (secondary N) is 1. The van der Waals surface area contributed by atoms with Crippen molar-refractivity contribution in [2.75, 3.05) is 13.2 Å². The SMILES string of the molecule is CCCCCCCCCCCCOC(=O)C1=C(C[n+]2cccc(C(C)=O)c2)NC(C[n+]2cccc(C(C)=O)c2)=C(C(=O)OCCCCCCCCCCCC)C1c1ccccc1.[Br-].[Br-]. The second kappa shape index (κ2) is 32.7. The van der Waals surface area contributed by atoms with Crippen LogP contribution in [0.5, 0.6) is 0 Å². The molecular weight excluding hydrogens is 934 g/mol. The Morgan fingerprint density at radius 2 is 0.859 bits per heavy atom. The number of ketones is 2. The van der Waals surface area contributed by atoms with Gasteiger partial charge in [0.25, 0.3) is 0 Å². The van der Waals surface area contributed by atoms with E-state index in [1.165, 1.54) is 104 Å². The van der Waals surface area contributed by atoms with Crippen LogP contribution in [-0.4, -0.2) is 36.7 Å². The number of unbranched alkanes of at least 4 members (excludes halogenated alkanes) is 18. The Balaban J connectivity index is 0.00000704. The molecule has 1 N–H and O–H groups in total. The number of nitrogens with zero attached hydrogens (tertiary/aromatic N) is 2. The summed E-state index contributed by atoms with van der Waals surface area (Å²) in [5, 5.41) is 3.54. The Bertz CT molecular complexity index is 1810. The van der Waals surface area contributed by atoms with Gasteiger partial charge in [-0.2, -0.15) is 9.13 Å². The van der Waals surface area contributed by atoms with Crippen LogP contribution in [0, 0.1) is 0 Å². The molecule has 0 aliphatic carbocycles. The van der Waals surface area contributed by atoms with Crippen molar-refractivity contribution in [3.05, 3.63) is 119 Å². The number of aromatic nitrogens is 2. The van der Waals surface area contributed by atoms with Crippen LogP contribution in [0.25, 0.3) is 0 Å². The summed E-state index contributed by atoms with van der Waals surface area (Å²) in [6.45, 7) is 8.48. The number of esters is 2. The van der Waals surface area contributed by atoms with Gasteiger partial charge in [0.1, 0.15) is 0 Å². The minimum Gasteiger partial charge on any atom is -1.00 e. The second-order valence-electron chi connectivity index (χ2n) is 17.0. The van der Waals surface area contributed by atoms with Crippen molar-refractivity contribution >= 4 is 23.5 Å². The molecule has 0 radical (unpaired) electrons. The van der Waals surface area contributed by atoms with E-state index in [2.05, 4.69) is 19.2 Å². The van der Waals surface area contributed by atoms with Crippen LogP contribution >= 0.6 is 0 Å². The number of halogens is 2. The molecule has 352 valence electrons. The first-order valence-electron chi connectivity index (χ1n) is 23.9. The van der Waals surface area contributed by atoms with E-state index < -0.39 is 17.9 Å². The molecule has 4 rings (SSSR count). The molecular formula is C53H75Br2N3O6. The number of hydrogen-bond acceptors (Lipinski definition) is 7. The topological polar surface area (TPSA) is 107 Å². The van der Waals surface area contributed by atoms with Gasteiger partial charge in [-0.3, -0.25) is 9.59 Å². The minimum absolute atomic E-state index is 0. The Hall–Kier alpha value is -3.96. The normalized spacial score (nSPS) is 12.6. The molecule has 9 nitrogen and oxygen atoms in total. The van der Waals surface area contributed by atoms with Crippen molar-refractivity contribution in [2.24, 2.45) is 0 Å². The van der Waals surface area contributed by atoms with Gasteiger partial charge < -0.3 is 48.8 Å². The number of benzene rings is 1. The van der Waals surface area contributed by atoms with Gasteiger partial charge in [-0.1, -0.05) is 160 Å². The molecule has 11 heteroatoms. The molecule has 0 fully saturated rings. The highest BCUT2D eigenvalue weighted by molar-refractivity contribution is 6.00. The fourth-order valence-electron chi connectivity index (χ4n) is 8.21. The molecule has 0 amide bonds. The van der Waals surface area contributed by atoms with E-state index in [1.807, 2.05) is 64.0 Å². The van der Waals surface area contributed by atoms with Gasteiger partial charge in [0.05, 0.1) is 52.8 Å². The highest BCUT2D eigenvalue weighted by Crippen LogP contribution is 2.40. The zero-order valence-electron chi connectivity index (χ0n) is 39.2. The fraction of sp³-hybridized carbons (Fsp3) is 0.547.